The summed E-state index contributed by atoms with van der Waals surface area (Å²) < 4.78 is 5.39. The fourth-order valence-corrected chi connectivity index (χ4v) is 2.65. The number of hydrogen-bond acceptors (Lipinski definition) is 3. The maximum Gasteiger partial charge on any atom is 0.306 e. The molecule has 2 saturated heterocycles. The van der Waals surface area contributed by atoms with E-state index in [2.05, 4.69) is 11.9 Å². The number of aliphatic carboxylic acids is 1. The molecule has 0 aromatic heterocycles. The normalized spacial score (nSPS) is 39.1. The van der Waals surface area contributed by atoms with Gasteiger partial charge in [-0.25, -0.2) is 0 Å². The van der Waals surface area contributed by atoms with Gasteiger partial charge < -0.3 is 14.7 Å². The van der Waals surface area contributed by atoms with Crippen molar-refractivity contribution < 1.29 is 14.6 Å². The number of carboxylic acids is 1. The fraction of sp³-hybridized carbons (Fsp3) is 0.900. The van der Waals surface area contributed by atoms with Crippen molar-refractivity contribution in [1.29, 1.82) is 0 Å². The van der Waals surface area contributed by atoms with E-state index in [-0.39, 0.29) is 11.8 Å². The lowest BCUT2D eigenvalue weighted by Gasteiger charge is -2.26. The first-order chi connectivity index (χ1) is 6.70. The number of likely N-dealkylation sites (tertiary alicyclic amines) is 1. The largest absolute Gasteiger partial charge is 0.481 e. The summed E-state index contributed by atoms with van der Waals surface area (Å²) in [6.45, 7) is 2.31. The van der Waals surface area contributed by atoms with Crippen molar-refractivity contribution in [1.82, 2.24) is 4.90 Å². The molecule has 2 fully saturated rings. The van der Waals surface area contributed by atoms with Gasteiger partial charge in [0.05, 0.1) is 19.1 Å². The van der Waals surface area contributed by atoms with Gasteiger partial charge >= 0.3 is 5.97 Å². The molecule has 14 heavy (non-hydrogen) atoms. The van der Waals surface area contributed by atoms with Crippen LogP contribution >= 0.6 is 0 Å². The smallest absolute Gasteiger partial charge is 0.306 e. The Morgan fingerprint density at radius 2 is 2.29 bits per heavy atom. The zero-order chi connectivity index (χ0) is 10.1. The number of fused-ring (bicyclic) bond motifs is 1. The van der Waals surface area contributed by atoms with Crippen LogP contribution in [-0.2, 0) is 9.53 Å². The van der Waals surface area contributed by atoms with E-state index in [0.717, 1.165) is 19.4 Å². The van der Waals surface area contributed by atoms with Crippen LogP contribution in [0.2, 0.25) is 0 Å². The number of rotatable bonds is 1. The second-order valence-electron chi connectivity index (χ2n) is 4.34. The van der Waals surface area contributed by atoms with E-state index in [0.29, 0.717) is 19.3 Å². The molecule has 0 bridgehead atoms. The standard InChI is InChI=1S/C10H17NO3/c1-11-4-2-3-7(10(12)13)8-5-14-6-9(8)11/h7-9H,2-6H2,1H3,(H,12,13). The van der Waals surface area contributed by atoms with Gasteiger partial charge in [-0.2, -0.15) is 0 Å². The summed E-state index contributed by atoms with van der Waals surface area (Å²) in [4.78, 5) is 13.3. The molecule has 2 heterocycles. The molecular weight excluding hydrogens is 182 g/mol. The Kier molecular flexibility index (Phi) is 2.74. The van der Waals surface area contributed by atoms with Crippen molar-refractivity contribution in [2.24, 2.45) is 11.8 Å². The van der Waals surface area contributed by atoms with Crippen LogP contribution in [0.3, 0.4) is 0 Å². The van der Waals surface area contributed by atoms with Gasteiger partial charge in [0.1, 0.15) is 0 Å². The molecule has 1 N–H and O–H groups in total. The summed E-state index contributed by atoms with van der Waals surface area (Å²) in [6.07, 6.45) is 1.78. The van der Waals surface area contributed by atoms with E-state index in [1.165, 1.54) is 0 Å². The second-order valence-corrected chi connectivity index (χ2v) is 4.34. The Bertz CT molecular complexity index is 231. The van der Waals surface area contributed by atoms with Gasteiger partial charge in [-0.15, -0.1) is 0 Å². The van der Waals surface area contributed by atoms with Crippen molar-refractivity contribution in [3.05, 3.63) is 0 Å². The lowest BCUT2D eigenvalue weighted by atomic mass is 9.86. The van der Waals surface area contributed by atoms with Crippen LogP contribution in [0.4, 0.5) is 0 Å². The first-order valence-corrected chi connectivity index (χ1v) is 5.21. The van der Waals surface area contributed by atoms with Gasteiger partial charge in [-0.3, -0.25) is 4.79 Å². The first kappa shape index (κ1) is 9.93. The molecule has 0 radical (unpaired) electrons. The highest BCUT2D eigenvalue weighted by atomic mass is 16.5. The Morgan fingerprint density at radius 1 is 1.50 bits per heavy atom. The third-order valence-corrected chi connectivity index (χ3v) is 3.52. The predicted octanol–water partition coefficient (Wildman–Crippen LogP) is 0.428. The molecule has 2 rings (SSSR count). The molecule has 0 aromatic rings. The van der Waals surface area contributed by atoms with Crippen molar-refractivity contribution in [3.63, 3.8) is 0 Å². The van der Waals surface area contributed by atoms with E-state index in [1.807, 2.05) is 0 Å². The molecular formula is C10H17NO3. The van der Waals surface area contributed by atoms with Crippen LogP contribution < -0.4 is 0 Å². The Balaban J connectivity index is 2.16. The van der Waals surface area contributed by atoms with Crippen LogP contribution in [0.5, 0.6) is 0 Å². The molecule has 4 heteroatoms. The quantitative estimate of drug-likeness (QED) is 0.665. The van der Waals surface area contributed by atoms with Crippen molar-refractivity contribution in [2.45, 2.75) is 18.9 Å². The molecule has 2 aliphatic rings. The highest BCUT2D eigenvalue weighted by molar-refractivity contribution is 5.70. The number of ether oxygens (including phenoxy) is 1. The highest BCUT2D eigenvalue weighted by Gasteiger charge is 2.41. The number of carbonyl (C=O) groups is 1. The zero-order valence-corrected chi connectivity index (χ0v) is 8.48. The van der Waals surface area contributed by atoms with Crippen molar-refractivity contribution in [2.75, 3.05) is 26.8 Å². The number of hydrogen-bond donors (Lipinski definition) is 1. The van der Waals surface area contributed by atoms with Gasteiger partial charge in [0.2, 0.25) is 0 Å². The molecule has 4 nitrogen and oxygen atoms in total. The summed E-state index contributed by atoms with van der Waals surface area (Å²) in [5.41, 5.74) is 0. The van der Waals surface area contributed by atoms with Gasteiger partial charge in [-0.05, 0) is 26.4 Å². The molecule has 0 spiro atoms. The van der Waals surface area contributed by atoms with Crippen molar-refractivity contribution >= 4 is 5.97 Å². The number of likely N-dealkylation sites (N-methyl/N-ethyl adjacent to an activating group) is 1. The van der Waals surface area contributed by atoms with E-state index in [1.54, 1.807) is 0 Å². The lowest BCUT2D eigenvalue weighted by Crippen LogP contribution is -2.39. The monoisotopic (exact) mass is 199 g/mol. The SMILES string of the molecule is CN1CCCC(C(=O)O)C2COCC21. The summed E-state index contributed by atoms with van der Waals surface area (Å²) in [5, 5.41) is 9.12. The number of carboxylic acid groups (broad SMARTS) is 1. The van der Waals surface area contributed by atoms with Crippen LogP contribution in [-0.4, -0.2) is 48.8 Å². The molecule has 0 saturated carbocycles. The Morgan fingerprint density at radius 3 is 3.00 bits per heavy atom. The fourth-order valence-electron chi connectivity index (χ4n) is 2.65. The third-order valence-electron chi connectivity index (χ3n) is 3.52. The molecule has 0 amide bonds. The minimum Gasteiger partial charge on any atom is -0.481 e. The van der Waals surface area contributed by atoms with Crippen molar-refractivity contribution in [3.8, 4) is 0 Å². The average Bonchev–Trinajstić information content (AvgIpc) is 2.54. The molecule has 2 aliphatic heterocycles. The maximum absolute atomic E-state index is 11.1. The minimum absolute atomic E-state index is 0.194. The summed E-state index contributed by atoms with van der Waals surface area (Å²) >= 11 is 0. The van der Waals surface area contributed by atoms with Crippen LogP contribution in [0.15, 0.2) is 0 Å². The predicted molar refractivity (Wildman–Crippen MR) is 51.1 cm³/mol. The third kappa shape index (κ3) is 1.64. The van der Waals surface area contributed by atoms with E-state index >= 15 is 0 Å². The van der Waals surface area contributed by atoms with Gasteiger partial charge in [0, 0.05) is 12.0 Å². The van der Waals surface area contributed by atoms with Crippen LogP contribution in [0, 0.1) is 11.8 Å². The van der Waals surface area contributed by atoms with Gasteiger partial charge in [-0.1, -0.05) is 0 Å². The van der Waals surface area contributed by atoms with Crippen LogP contribution in [0.25, 0.3) is 0 Å². The molecule has 3 unspecified atom stereocenters. The summed E-state index contributed by atoms with van der Waals surface area (Å²) in [5.74, 6) is -0.659. The van der Waals surface area contributed by atoms with E-state index in [4.69, 9.17) is 9.84 Å². The molecule has 0 aliphatic carbocycles. The first-order valence-electron chi connectivity index (χ1n) is 5.21. The lowest BCUT2D eigenvalue weighted by molar-refractivity contribution is -0.144. The highest BCUT2D eigenvalue weighted by Crippen LogP contribution is 2.32. The second kappa shape index (κ2) is 3.87. The van der Waals surface area contributed by atoms with Crippen LogP contribution in [0.1, 0.15) is 12.8 Å². The van der Waals surface area contributed by atoms with E-state index in [9.17, 15) is 4.79 Å². The molecule has 80 valence electrons. The molecule has 0 aromatic carbocycles. The number of nitrogens with zero attached hydrogens (tertiary/aromatic N) is 1. The topological polar surface area (TPSA) is 49.8 Å². The maximum atomic E-state index is 11.1. The Labute approximate surface area is 83.8 Å². The Hall–Kier alpha value is -0.610. The van der Waals surface area contributed by atoms with Gasteiger partial charge in [0.25, 0.3) is 0 Å². The summed E-state index contributed by atoms with van der Waals surface area (Å²) in [6, 6.07) is 0.318. The molecule has 3 atom stereocenters. The minimum atomic E-state index is -0.652. The van der Waals surface area contributed by atoms with Gasteiger partial charge in [0.15, 0.2) is 0 Å². The van der Waals surface area contributed by atoms with E-state index < -0.39 is 5.97 Å². The average molecular weight is 199 g/mol. The summed E-state index contributed by atoms with van der Waals surface area (Å²) in [7, 11) is 2.07. The zero-order valence-electron chi connectivity index (χ0n) is 8.48.